The molecule has 5 nitrogen and oxygen atoms in total. The second kappa shape index (κ2) is 3.94. The van der Waals surface area contributed by atoms with Crippen molar-refractivity contribution in [2.45, 2.75) is 6.92 Å². The fourth-order valence-corrected chi connectivity index (χ4v) is 1.54. The highest BCUT2D eigenvalue weighted by atomic mass is 35.5. The first kappa shape index (κ1) is 10.6. The second-order valence-electron chi connectivity index (χ2n) is 3.33. The molecule has 82 valence electrons. The number of nitrogen functional groups attached to an aromatic ring is 2. The van der Waals surface area contributed by atoms with E-state index in [1.165, 1.54) is 0 Å². The molecule has 0 atom stereocenters. The van der Waals surface area contributed by atoms with E-state index in [0.29, 0.717) is 10.8 Å². The van der Waals surface area contributed by atoms with E-state index in [2.05, 4.69) is 15.0 Å². The maximum Gasteiger partial charge on any atom is 0.225 e. The Bertz CT molecular complexity index is 520. The maximum atomic E-state index is 5.91. The summed E-state index contributed by atoms with van der Waals surface area (Å²) in [6.07, 6.45) is 0. The number of rotatable bonds is 1. The van der Waals surface area contributed by atoms with Gasteiger partial charge in [-0.05, 0) is 24.6 Å². The molecule has 0 spiro atoms. The first-order valence-corrected chi connectivity index (χ1v) is 4.97. The van der Waals surface area contributed by atoms with Crippen LogP contribution in [0.1, 0.15) is 5.56 Å². The van der Waals surface area contributed by atoms with Crippen LogP contribution in [-0.4, -0.2) is 15.0 Å². The fourth-order valence-electron chi connectivity index (χ4n) is 1.36. The molecule has 0 unspecified atom stereocenters. The summed E-state index contributed by atoms with van der Waals surface area (Å²) in [4.78, 5) is 11.8. The molecule has 0 aliphatic carbocycles. The molecule has 1 aromatic heterocycles. The van der Waals surface area contributed by atoms with Crippen LogP contribution in [-0.2, 0) is 0 Å². The monoisotopic (exact) mass is 235 g/mol. The third-order valence-corrected chi connectivity index (χ3v) is 2.35. The molecule has 0 aliphatic rings. The summed E-state index contributed by atoms with van der Waals surface area (Å²) in [7, 11) is 0. The molecule has 1 aromatic carbocycles. The number of anilines is 2. The van der Waals surface area contributed by atoms with Crippen LogP contribution < -0.4 is 11.5 Å². The largest absolute Gasteiger partial charge is 0.368 e. The predicted molar refractivity (Wildman–Crippen MR) is 63.8 cm³/mol. The third kappa shape index (κ3) is 2.04. The lowest BCUT2D eigenvalue weighted by Gasteiger charge is -2.05. The number of aromatic nitrogens is 3. The Morgan fingerprint density at radius 3 is 2.31 bits per heavy atom. The van der Waals surface area contributed by atoms with Crippen LogP contribution in [0.5, 0.6) is 0 Å². The lowest BCUT2D eigenvalue weighted by Crippen LogP contribution is -2.04. The van der Waals surface area contributed by atoms with Crippen molar-refractivity contribution in [2.75, 3.05) is 11.5 Å². The SMILES string of the molecule is Cc1ccc(Cl)cc1-c1nc(N)nc(N)n1. The Morgan fingerprint density at radius 2 is 1.69 bits per heavy atom. The number of halogens is 1. The molecule has 0 radical (unpaired) electrons. The number of hydrogen-bond donors (Lipinski definition) is 2. The Morgan fingerprint density at radius 1 is 1.06 bits per heavy atom. The van der Waals surface area contributed by atoms with Gasteiger partial charge in [0.2, 0.25) is 11.9 Å². The minimum Gasteiger partial charge on any atom is -0.368 e. The molecule has 0 saturated carbocycles. The lowest BCUT2D eigenvalue weighted by molar-refractivity contribution is 1.08. The van der Waals surface area contributed by atoms with Crippen molar-refractivity contribution in [1.82, 2.24) is 15.0 Å². The first-order chi connectivity index (χ1) is 7.56. The van der Waals surface area contributed by atoms with E-state index in [1.54, 1.807) is 12.1 Å². The summed E-state index contributed by atoms with van der Waals surface area (Å²) < 4.78 is 0. The minimum absolute atomic E-state index is 0.0990. The van der Waals surface area contributed by atoms with Crippen molar-refractivity contribution in [3.63, 3.8) is 0 Å². The molecule has 0 aliphatic heterocycles. The predicted octanol–water partition coefficient (Wildman–Crippen LogP) is 1.66. The number of aryl methyl sites for hydroxylation is 1. The molecule has 1 heterocycles. The molecule has 4 N–H and O–H groups in total. The van der Waals surface area contributed by atoms with Gasteiger partial charge in [-0.1, -0.05) is 17.7 Å². The number of nitrogens with zero attached hydrogens (tertiary/aromatic N) is 3. The van der Waals surface area contributed by atoms with Gasteiger partial charge in [0.25, 0.3) is 0 Å². The zero-order valence-electron chi connectivity index (χ0n) is 8.61. The van der Waals surface area contributed by atoms with Crippen molar-refractivity contribution in [3.8, 4) is 11.4 Å². The molecule has 0 fully saturated rings. The molecular formula is C10H10ClN5. The lowest BCUT2D eigenvalue weighted by atomic mass is 10.1. The third-order valence-electron chi connectivity index (χ3n) is 2.11. The van der Waals surface area contributed by atoms with Gasteiger partial charge in [-0.3, -0.25) is 0 Å². The summed E-state index contributed by atoms with van der Waals surface area (Å²) in [6.45, 7) is 1.93. The standard InChI is InChI=1S/C10H10ClN5/c1-5-2-3-6(11)4-7(5)8-14-9(12)16-10(13)15-8/h2-4H,1H3,(H4,12,13,14,15,16). The van der Waals surface area contributed by atoms with E-state index in [1.807, 2.05) is 13.0 Å². The highest BCUT2D eigenvalue weighted by Crippen LogP contribution is 2.24. The highest BCUT2D eigenvalue weighted by Gasteiger charge is 2.08. The summed E-state index contributed by atoms with van der Waals surface area (Å²) in [6, 6.07) is 5.45. The van der Waals surface area contributed by atoms with E-state index in [0.717, 1.165) is 11.1 Å². The normalized spacial score (nSPS) is 10.4. The molecule has 6 heteroatoms. The average molecular weight is 236 g/mol. The first-order valence-electron chi connectivity index (χ1n) is 4.60. The summed E-state index contributed by atoms with van der Waals surface area (Å²) in [5.41, 5.74) is 12.8. The second-order valence-corrected chi connectivity index (χ2v) is 3.77. The van der Waals surface area contributed by atoms with Gasteiger partial charge in [-0.2, -0.15) is 15.0 Å². The molecular weight excluding hydrogens is 226 g/mol. The smallest absolute Gasteiger partial charge is 0.225 e. The van der Waals surface area contributed by atoms with Gasteiger partial charge >= 0.3 is 0 Å². The maximum absolute atomic E-state index is 5.91. The van der Waals surface area contributed by atoms with Gasteiger partial charge in [0.1, 0.15) is 0 Å². The van der Waals surface area contributed by atoms with Crippen molar-refractivity contribution in [2.24, 2.45) is 0 Å². The van der Waals surface area contributed by atoms with Gasteiger partial charge < -0.3 is 11.5 Å². The van der Waals surface area contributed by atoms with Crippen LogP contribution in [0.4, 0.5) is 11.9 Å². The Labute approximate surface area is 97.5 Å². The Kier molecular flexibility index (Phi) is 2.62. The molecule has 0 amide bonds. The Balaban J connectivity index is 2.62. The highest BCUT2D eigenvalue weighted by molar-refractivity contribution is 6.30. The molecule has 2 rings (SSSR count). The van der Waals surface area contributed by atoms with E-state index in [4.69, 9.17) is 23.1 Å². The van der Waals surface area contributed by atoms with Gasteiger partial charge in [-0.25, -0.2) is 0 Å². The van der Waals surface area contributed by atoms with E-state index in [9.17, 15) is 0 Å². The number of nitrogens with two attached hydrogens (primary N) is 2. The van der Waals surface area contributed by atoms with Crippen molar-refractivity contribution in [1.29, 1.82) is 0 Å². The van der Waals surface area contributed by atoms with Gasteiger partial charge in [0.15, 0.2) is 5.82 Å². The quantitative estimate of drug-likeness (QED) is 0.785. The van der Waals surface area contributed by atoms with Crippen LogP contribution in [0.15, 0.2) is 18.2 Å². The van der Waals surface area contributed by atoms with E-state index < -0.39 is 0 Å². The van der Waals surface area contributed by atoms with Crippen molar-refractivity contribution < 1.29 is 0 Å². The average Bonchev–Trinajstić information content (AvgIpc) is 2.20. The summed E-state index contributed by atoms with van der Waals surface area (Å²) in [5.74, 6) is 0.633. The van der Waals surface area contributed by atoms with Gasteiger partial charge in [0.05, 0.1) is 0 Å². The Hall–Kier alpha value is -1.88. The van der Waals surface area contributed by atoms with E-state index >= 15 is 0 Å². The van der Waals surface area contributed by atoms with Gasteiger partial charge in [0, 0.05) is 10.6 Å². The zero-order valence-corrected chi connectivity index (χ0v) is 9.36. The molecule has 0 bridgehead atoms. The van der Waals surface area contributed by atoms with Crippen LogP contribution in [0.3, 0.4) is 0 Å². The fraction of sp³-hybridized carbons (Fsp3) is 0.100. The van der Waals surface area contributed by atoms with Crippen molar-refractivity contribution in [3.05, 3.63) is 28.8 Å². The minimum atomic E-state index is 0.0990. The van der Waals surface area contributed by atoms with Gasteiger partial charge in [-0.15, -0.1) is 0 Å². The number of benzene rings is 1. The summed E-state index contributed by atoms with van der Waals surface area (Å²) >= 11 is 5.91. The van der Waals surface area contributed by atoms with E-state index in [-0.39, 0.29) is 11.9 Å². The van der Waals surface area contributed by atoms with Crippen LogP contribution in [0, 0.1) is 6.92 Å². The van der Waals surface area contributed by atoms with Crippen LogP contribution in [0.25, 0.3) is 11.4 Å². The van der Waals surface area contributed by atoms with Crippen LogP contribution in [0.2, 0.25) is 5.02 Å². The van der Waals surface area contributed by atoms with Crippen molar-refractivity contribution >= 4 is 23.5 Å². The molecule has 0 saturated heterocycles. The topological polar surface area (TPSA) is 90.7 Å². The zero-order chi connectivity index (χ0) is 11.7. The molecule has 2 aromatic rings. The molecule has 16 heavy (non-hydrogen) atoms. The summed E-state index contributed by atoms with van der Waals surface area (Å²) in [5, 5.41) is 0.609. The number of hydrogen-bond acceptors (Lipinski definition) is 5. The van der Waals surface area contributed by atoms with Crippen LogP contribution >= 0.6 is 11.6 Å².